The summed E-state index contributed by atoms with van der Waals surface area (Å²) in [6.45, 7) is 8.56. The molecule has 112 valence electrons. The lowest BCUT2D eigenvalue weighted by molar-refractivity contribution is -0.121. The highest BCUT2D eigenvalue weighted by atomic mass is 32.2. The summed E-state index contributed by atoms with van der Waals surface area (Å²) in [6, 6.07) is 0.363. The van der Waals surface area contributed by atoms with E-state index in [9.17, 15) is 4.79 Å². The van der Waals surface area contributed by atoms with Crippen LogP contribution >= 0.6 is 11.8 Å². The summed E-state index contributed by atoms with van der Waals surface area (Å²) >= 11 is 1.94. The first-order valence-corrected chi connectivity index (χ1v) is 8.77. The van der Waals surface area contributed by atoms with Gasteiger partial charge in [-0.1, -0.05) is 40.0 Å². The number of nitrogens with one attached hydrogen (secondary N) is 2. The maximum Gasteiger partial charge on any atom is 0.221 e. The van der Waals surface area contributed by atoms with Gasteiger partial charge in [0.15, 0.2) is 0 Å². The van der Waals surface area contributed by atoms with Gasteiger partial charge in [0.1, 0.15) is 0 Å². The van der Waals surface area contributed by atoms with E-state index < -0.39 is 0 Å². The van der Waals surface area contributed by atoms with Crippen molar-refractivity contribution in [3.63, 3.8) is 0 Å². The van der Waals surface area contributed by atoms with E-state index in [1.54, 1.807) is 0 Å². The first-order valence-electron chi connectivity index (χ1n) is 7.61. The highest BCUT2D eigenvalue weighted by Crippen LogP contribution is 2.22. The second-order valence-electron chi connectivity index (χ2n) is 6.33. The topological polar surface area (TPSA) is 41.1 Å². The van der Waals surface area contributed by atoms with Crippen LogP contribution in [0.4, 0.5) is 0 Å². The molecule has 1 amide bonds. The fraction of sp³-hybridized carbons (Fsp3) is 0.933. The van der Waals surface area contributed by atoms with E-state index in [4.69, 9.17) is 0 Å². The molecule has 0 spiro atoms. The first-order chi connectivity index (χ1) is 9.03. The van der Waals surface area contributed by atoms with Crippen LogP contribution in [0.25, 0.3) is 0 Å². The quantitative estimate of drug-likeness (QED) is 0.674. The zero-order valence-electron chi connectivity index (χ0n) is 12.8. The van der Waals surface area contributed by atoms with Crippen molar-refractivity contribution in [3.05, 3.63) is 0 Å². The predicted octanol–water partition coefficient (Wildman–Crippen LogP) is 2.80. The summed E-state index contributed by atoms with van der Waals surface area (Å²) in [5.74, 6) is 2.43. The van der Waals surface area contributed by atoms with Gasteiger partial charge in [0, 0.05) is 37.1 Å². The van der Waals surface area contributed by atoms with Gasteiger partial charge < -0.3 is 10.6 Å². The molecule has 0 aliphatic carbocycles. The van der Waals surface area contributed by atoms with Gasteiger partial charge in [-0.25, -0.2) is 0 Å². The fourth-order valence-electron chi connectivity index (χ4n) is 2.33. The summed E-state index contributed by atoms with van der Waals surface area (Å²) in [5.41, 5.74) is 0.222. The minimum atomic E-state index is 0.198. The van der Waals surface area contributed by atoms with E-state index in [0.29, 0.717) is 12.5 Å². The van der Waals surface area contributed by atoms with Crippen LogP contribution in [0.3, 0.4) is 0 Å². The molecule has 4 heteroatoms. The van der Waals surface area contributed by atoms with Gasteiger partial charge in [-0.2, -0.15) is 11.8 Å². The molecule has 3 nitrogen and oxygen atoms in total. The van der Waals surface area contributed by atoms with Gasteiger partial charge in [-0.15, -0.1) is 0 Å². The highest BCUT2D eigenvalue weighted by molar-refractivity contribution is 7.99. The molecule has 1 heterocycles. The molecule has 0 saturated carbocycles. The van der Waals surface area contributed by atoms with Crippen LogP contribution in [-0.4, -0.2) is 36.5 Å². The molecule has 0 aromatic rings. The van der Waals surface area contributed by atoms with Crippen molar-refractivity contribution in [2.45, 2.75) is 58.9 Å². The van der Waals surface area contributed by atoms with Crippen molar-refractivity contribution >= 4 is 17.7 Å². The summed E-state index contributed by atoms with van der Waals surface area (Å²) in [6.07, 6.45) is 5.63. The van der Waals surface area contributed by atoms with Crippen LogP contribution in [0.15, 0.2) is 0 Å². The number of thioether (sulfide) groups is 1. The van der Waals surface area contributed by atoms with Crippen molar-refractivity contribution in [1.29, 1.82) is 0 Å². The van der Waals surface area contributed by atoms with Gasteiger partial charge in [0.05, 0.1) is 0 Å². The number of carbonyl (C=O) groups is 1. The summed E-state index contributed by atoms with van der Waals surface area (Å²) in [4.78, 5) is 11.9. The molecular weight excluding hydrogens is 256 g/mol. The number of unbranched alkanes of at least 4 members (excludes halogenated alkanes) is 2. The molecule has 1 rings (SSSR count). The van der Waals surface area contributed by atoms with E-state index in [-0.39, 0.29) is 11.3 Å². The van der Waals surface area contributed by atoms with Crippen molar-refractivity contribution in [3.8, 4) is 0 Å². The maximum absolute atomic E-state index is 11.9. The molecular formula is C15H30N2OS. The molecule has 1 aliphatic heterocycles. The third-order valence-corrected chi connectivity index (χ3v) is 4.78. The first kappa shape index (κ1) is 16.8. The van der Waals surface area contributed by atoms with Crippen LogP contribution in [0.1, 0.15) is 52.9 Å². The second-order valence-corrected chi connectivity index (χ2v) is 7.48. The molecule has 2 N–H and O–H groups in total. The van der Waals surface area contributed by atoms with Crippen LogP contribution in [0, 0.1) is 5.41 Å². The number of hydrogen-bond donors (Lipinski definition) is 2. The summed E-state index contributed by atoms with van der Waals surface area (Å²) in [7, 11) is 0. The highest BCUT2D eigenvalue weighted by Gasteiger charge is 2.20. The van der Waals surface area contributed by atoms with E-state index in [1.165, 1.54) is 31.4 Å². The van der Waals surface area contributed by atoms with Gasteiger partial charge in [0.25, 0.3) is 0 Å². The van der Waals surface area contributed by atoms with E-state index >= 15 is 0 Å². The van der Waals surface area contributed by atoms with Crippen molar-refractivity contribution in [2.75, 3.05) is 24.6 Å². The Morgan fingerprint density at radius 3 is 2.84 bits per heavy atom. The smallest absolute Gasteiger partial charge is 0.221 e. The molecule has 1 fully saturated rings. The zero-order chi connectivity index (χ0) is 14.1. The van der Waals surface area contributed by atoms with Crippen LogP contribution in [0.2, 0.25) is 0 Å². The minimum Gasteiger partial charge on any atom is -0.356 e. The van der Waals surface area contributed by atoms with E-state index in [0.717, 1.165) is 18.8 Å². The number of amides is 1. The second kappa shape index (κ2) is 8.85. The monoisotopic (exact) mass is 286 g/mol. The lowest BCUT2D eigenvalue weighted by Gasteiger charge is -2.26. The molecule has 0 radical (unpaired) electrons. The Labute approximate surface area is 122 Å². The Morgan fingerprint density at radius 2 is 2.21 bits per heavy atom. The molecule has 1 atom stereocenters. The number of rotatable bonds is 8. The third-order valence-electron chi connectivity index (χ3n) is 3.65. The van der Waals surface area contributed by atoms with Gasteiger partial charge >= 0.3 is 0 Å². The van der Waals surface area contributed by atoms with Crippen molar-refractivity contribution in [2.24, 2.45) is 5.41 Å². The Bertz CT molecular complexity index is 263. The molecule has 1 aliphatic rings. The third kappa shape index (κ3) is 7.83. The molecule has 1 saturated heterocycles. The Kier molecular flexibility index (Phi) is 7.84. The van der Waals surface area contributed by atoms with Gasteiger partial charge in [0.2, 0.25) is 5.91 Å². The SMILES string of the molecule is CCCCCC(C)(C)CNC(=O)CC1CSCCN1. The lowest BCUT2D eigenvalue weighted by Crippen LogP contribution is -2.42. The Morgan fingerprint density at radius 1 is 1.42 bits per heavy atom. The van der Waals surface area contributed by atoms with Crippen LogP contribution < -0.4 is 10.6 Å². The maximum atomic E-state index is 11.9. The molecule has 19 heavy (non-hydrogen) atoms. The summed E-state index contributed by atoms with van der Waals surface area (Å²) < 4.78 is 0. The molecule has 0 bridgehead atoms. The van der Waals surface area contributed by atoms with Crippen LogP contribution in [-0.2, 0) is 4.79 Å². The van der Waals surface area contributed by atoms with Gasteiger partial charge in [-0.05, 0) is 11.8 Å². The Balaban J connectivity index is 2.17. The number of hydrogen-bond acceptors (Lipinski definition) is 3. The minimum absolute atomic E-state index is 0.198. The average Bonchev–Trinajstić information content (AvgIpc) is 2.38. The molecule has 0 aromatic carbocycles. The lowest BCUT2D eigenvalue weighted by atomic mass is 9.87. The van der Waals surface area contributed by atoms with Gasteiger partial charge in [-0.3, -0.25) is 4.79 Å². The van der Waals surface area contributed by atoms with E-state index in [2.05, 4.69) is 31.4 Å². The predicted molar refractivity (Wildman–Crippen MR) is 84.7 cm³/mol. The summed E-state index contributed by atoms with van der Waals surface area (Å²) in [5, 5.41) is 6.52. The van der Waals surface area contributed by atoms with Crippen LogP contribution in [0.5, 0.6) is 0 Å². The standard InChI is InChI=1S/C15H30N2OS/c1-4-5-6-7-15(2,3)12-17-14(18)10-13-11-19-9-8-16-13/h13,16H,4-12H2,1-3H3,(H,17,18). The Hall–Kier alpha value is -0.220. The largest absolute Gasteiger partial charge is 0.356 e. The zero-order valence-corrected chi connectivity index (χ0v) is 13.6. The number of carbonyl (C=O) groups excluding carboxylic acids is 1. The molecule has 0 aromatic heterocycles. The normalized spacial score (nSPS) is 20.3. The van der Waals surface area contributed by atoms with Crippen molar-refractivity contribution in [1.82, 2.24) is 10.6 Å². The van der Waals surface area contributed by atoms with Crippen molar-refractivity contribution < 1.29 is 4.79 Å². The van der Waals surface area contributed by atoms with E-state index in [1.807, 2.05) is 11.8 Å². The molecule has 1 unspecified atom stereocenters. The fourth-order valence-corrected chi connectivity index (χ4v) is 3.28. The average molecular weight is 286 g/mol.